The van der Waals surface area contributed by atoms with Gasteiger partial charge >= 0.3 is 5.91 Å². The first-order valence-corrected chi connectivity index (χ1v) is 1.81. The molecule has 0 radical (unpaired) electrons. The van der Waals surface area contributed by atoms with Gasteiger partial charge in [-0.05, 0) is 0 Å². The van der Waals surface area contributed by atoms with E-state index in [1.165, 1.54) is 0 Å². The number of hydrogen-bond acceptors (Lipinski definition) is 3. The Labute approximate surface area is 45.2 Å². The van der Waals surface area contributed by atoms with Crippen LogP contribution in [0.1, 0.15) is 6.92 Å². The van der Waals surface area contributed by atoms with Gasteiger partial charge in [-0.1, -0.05) is 0 Å². The first-order valence-electron chi connectivity index (χ1n) is 1.81. The van der Waals surface area contributed by atoms with Crippen molar-refractivity contribution in [2.45, 2.75) is 6.92 Å². The maximum atomic E-state index is 9.96. The number of nitrogens with zero attached hydrogens (tertiary/aromatic N) is 1. The summed E-state index contributed by atoms with van der Waals surface area (Å²) in [7, 11) is 0. The van der Waals surface area contributed by atoms with Gasteiger partial charge in [0, 0.05) is 6.92 Å². The standard InChI is InChI=1S/C4H3NO3/c1-3(7)4(8)5-2-6/h1H3. The predicted octanol–water partition coefficient (Wildman–Crippen LogP) is -0.562. The molecule has 0 aliphatic rings. The maximum Gasteiger partial charge on any atom is 0.323 e. The zero-order chi connectivity index (χ0) is 6.57. The highest BCUT2D eigenvalue weighted by Gasteiger charge is 2.02. The zero-order valence-electron chi connectivity index (χ0n) is 4.17. The molecule has 0 heterocycles. The SMILES string of the molecule is CC(=O)C(=O)N=C=O. The first-order chi connectivity index (χ1) is 3.68. The van der Waals surface area contributed by atoms with Crippen molar-refractivity contribution in [3.63, 3.8) is 0 Å². The summed E-state index contributed by atoms with van der Waals surface area (Å²) in [5.41, 5.74) is 0. The van der Waals surface area contributed by atoms with E-state index in [4.69, 9.17) is 0 Å². The summed E-state index contributed by atoms with van der Waals surface area (Å²) in [6.07, 6.45) is 0.953. The lowest BCUT2D eigenvalue weighted by atomic mass is 10.4. The largest absolute Gasteiger partial charge is 0.323 e. The number of carbonyl (C=O) groups excluding carboxylic acids is 3. The smallest absolute Gasteiger partial charge is 0.289 e. The average Bonchev–Trinajstić information content (AvgIpc) is 1.67. The van der Waals surface area contributed by atoms with Crippen molar-refractivity contribution in [3.8, 4) is 0 Å². The van der Waals surface area contributed by atoms with E-state index in [0.29, 0.717) is 0 Å². The highest BCUT2D eigenvalue weighted by molar-refractivity contribution is 6.36. The number of aliphatic imine (C=N–C) groups is 1. The van der Waals surface area contributed by atoms with E-state index in [-0.39, 0.29) is 0 Å². The fraction of sp³-hybridized carbons (Fsp3) is 0.250. The van der Waals surface area contributed by atoms with Gasteiger partial charge in [0.25, 0.3) is 0 Å². The summed E-state index contributed by atoms with van der Waals surface area (Å²) >= 11 is 0. The van der Waals surface area contributed by atoms with E-state index in [9.17, 15) is 14.4 Å². The lowest BCUT2D eigenvalue weighted by Gasteiger charge is -1.74. The van der Waals surface area contributed by atoms with Crippen LogP contribution in [0.25, 0.3) is 0 Å². The first kappa shape index (κ1) is 6.72. The third kappa shape index (κ3) is 2.00. The van der Waals surface area contributed by atoms with E-state index < -0.39 is 11.7 Å². The van der Waals surface area contributed by atoms with Crippen LogP contribution >= 0.6 is 0 Å². The Morgan fingerprint density at radius 1 is 1.50 bits per heavy atom. The third-order valence-corrected chi connectivity index (χ3v) is 0.448. The van der Waals surface area contributed by atoms with Gasteiger partial charge in [0.1, 0.15) is 0 Å². The van der Waals surface area contributed by atoms with Crippen LogP contribution in [0.3, 0.4) is 0 Å². The Kier molecular flexibility index (Phi) is 2.37. The molecular formula is C4H3NO3. The fourth-order valence-electron chi connectivity index (χ4n) is 0.120. The molecule has 1 amide bonds. The number of amides is 1. The van der Waals surface area contributed by atoms with Gasteiger partial charge in [-0.25, -0.2) is 4.79 Å². The Bertz CT molecular complexity index is 162. The summed E-state index contributed by atoms with van der Waals surface area (Å²) in [5, 5.41) is 0. The number of rotatable bonds is 1. The molecule has 0 bridgehead atoms. The third-order valence-electron chi connectivity index (χ3n) is 0.448. The Morgan fingerprint density at radius 3 is 2.12 bits per heavy atom. The van der Waals surface area contributed by atoms with Crippen LogP contribution in [-0.4, -0.2) is 17.8 Å². The molecule has 0 saturated heterocycles. The Morgan fingerprint density at radius 2 is 2.00 bits per heavy atom. The van der Waals surface area contributed by atoms with Crippen molar-refractivity contribution >= 4 is 17.8 Å². The molecule has 0 aliphatic carbocycles. The average molecular weight is 113 g/mol. The highest BCUT2D eigenvalue weighted by Crippen LogP contribution is 1.72. The lowest BCUT2D eigenvalue weighted by Crippen LogP contribution is -2.04. The van der Waals surface area contributed by atoms with Crippen LogP contribution in [0.5, 0.6) is 0 Å². The topological polar surface area (TPSA) is 63.6 Å². The van der Waals surface area contributed by atoms with Crippen LogP contribution in [0.15, 0.2) is 4.99 Å². The van der Waals surface area contributed by atoms with Crippen molar-refractivity contribution in [1.29, 1.82) is 0 Å². The number of hydrogen-bond donors (Lipinski definition) is 0. The maximum absolute atomic E-state index is 9.96. The van der Waals surface area contributed by atoms with Gasteiger partial charge < -0.3 is 0 Å². The predicted molar refractivity (Wildman–Crippen MR) is 23.8 cm³/mol. The van der Waals surface area contributed by atoms with Crippen LogP contribution < -0.4 is 0 Å². The van der Waals surface area contributed by atoms with Crippen LogP contribution in [0.4, 0.5) is 0 Å². The summed E-state index contributed by atoms with van der Waals surface area (Å²) in [6, 6.07) is 0. The van der Waals surface area contributed by atoms with Crippen molar-refractivity contribution in [1.82, 2.24) is 0 Å². The minimum atomic E-state index is -1.06. The molecule has 0 unspecified atom stereocenters. The molecule has 0 atom stereocenters. The van der Waals surface area contributed by atoms with E-state index in [0.717, 1.165) is 13.0 Å². The number of isocyanates is 1. The van der Waals surface area contributed by atoms with Crippen molar-refractivity contribution in [2.24, 2.45) is 4.99 Å². The summed E-state index contributed by atoms with van der Waals surface area (Å²) in [5.74, 6) is -1.81. The lowest BCUT2D eigenvalue weighted by molar-refractivity contribution is -0.134. The molecule has 0 aromatic carbocycles. The minimum absolute atomic E-state index is 0.756. The number of Topliss-reactive ketones (excluding diaryl/α,β-unsaturated/α-hetero) is 1. The second-order valence-electron chi connectivity index (χ2n) is 1.06. The second-order valence-corrected chi connectivity index (χ2v) is 1.06. The molecule has 0 rings (SSSR count). The fourth-order valence-corrected chi connectivity index (χ4v) is 0.120. The number of ketones is 1. The Hall–Kier alpha value is -1.28. The van der Waals surface area contributed by atoms with Gasteiger partial charge in [0.2, 0.25) is 11.9 Å². The van der Waals surface area contributed by atoms with Gasteiger partial charge in [0.15, 0.2) is 0 Å². The van der Waals surface area contributed by atoms with E-state index in [2.05, 4.69) is 4.99 Å². The van der Waals surface area contributed by atoms with Crippen LogP contribution in [0.2, 0.25) is 0 Å². The van der Waals surface area contributed by atoms with Gasteiger partial charge in [-0.15, -0.1) is 4.99 Å². The molecule has 0 aromatic heterocycles. The van der Waals surface area contributed by atoms with E-state index in [1.54, 1.807) is 0 Å². The van der Waals surface area contributed by atoms with E-state index in [1.807, 2.05) is 0 Å². The van der Waals surface area contributed by atoms with Crippen molar-refractivity contribution in [3.05, 3.63) is 0 Å². The van der Waals surface area contributed by atoms with Crippen LogP contribution in [-0.2, 0) is 14.4 Å². The van der Waals surface area contributed by atoms with Crippen molar-refractivity contribution in [2.75, 3.05) is 0 Å². The summed E-state index contributed by atoms with van der Waals surface area (Å²) in [4.78, 5) is 31.7. The summed E-state index contributed by atoms with van der Waals surface area (Å²) < 4.78 is 0. The molecule has 0 aliphatic heterocycles. The molecule has 0 aromatic rings. The molecular weight excluding hydrogens is 110 g/mol. The molecule has 0 N–H and O–H groups in total. The normalized spacial score (nSPS) is 7.12. The Balaban J connectivity index is 4.05. The molecule has 4 nitrogen and oxygen atoms in total. The molecule has 0 fully saturated rings. The summed E-state index contributed by atoms with van der Waals surface area (Å²) in [6.45, 7) is 1.03. The molecule has 0 saturated carbocycles. The number of carbonyl (C=O) groups is 2. The second kappa shape index (κ2) is 2.82. The quantitative estimate of drug-likeness (QED) is 0.260. The van der Waals surface area contributed by atoms with Gasteiger partial charge in [-0.3, -0.25) is 9.59 Å². The van der Waals surface area contributed by atoms with Crippen molar-refractivity contribution < 1.29 is 14.4 Å². The van der Waals surface area contributed by atoms with Gasteiger partial charge in [0.05, 0.1) is 0 Å². The van der Waals surface area contributed by atoms with Gasteiger partial charge in [-0.2, -0.15) is 0 Å². The molecule has 8 heavy (non-hydrogen) atoms. The zero-order valence-corrected chi connectivity index (χ0v) is 4.17. The van der Waals surface area contributed by atoms with E-state index >= 15 is 0 Å². The molecule has 42 valence electrons. The molecule has 0 spiro atoms. The molecule has 4 heteroatoms. The van der Waals surface area contributed by atoms with Crippen LogP contribution in [0, 0.1) is 0 Å². The monoisotopic (exact) mass is 113 g/mol. The minimum Gasteiger partial charge on any atom is -0.289 e. The highest BCUT2D eigenvalue weighted by atomic mass is 16.2.